The van der Waals surface area contributed by atoms with Crippen LogP contribution in [0, 0.1) is 0 Å². The van der Waals surface area contributed by atoms with E-state index in [9.17, 15) is 15.0 Å². The molecule has 0 aliphatic heterocycles. The van der Waals surface area contributed by atoms with Gasteiger partial charge in [-0.05, 0) is 51.4 Å². The lowest BCUT2D eigenvalue weighted by molar-refractivity contribution is -0.123. The van der Waals surface area contributed by atoms with E-state index in [4.69, 9.17) is 0 Å². The number of carbonyl (C=O) groups is 1. The average Bonchev–Trinajstić information content (AvgIpc) is 3.20. The number of aliphatic hydroxyl groups is 2. The molecular weight excluding hydrogens is 687 g/mol. The van der Waals surface area contributed by atoms with Gasteiger partial charge in [-0.25, -0.2) is 0 Å². The molecule has 0 saturated heterocycles. The second-order valence-electron chi connectivity index (χ2n) is 17.2. The molecule has 1 amide bonds. The summed E-state index contributed by atoms with van der Waals surface area (Å²) in [6.07, 6.45) is 64.2. The predicted molar refractivity (Wildman–Crippen MR) is 248 cm³/mol. The van der Waals surface area contributed by atoms with E-state index in [0.29, 0.717) is 6.42 Å². The Bertz CT molecular complexity index is 851. The molecule has 4 nitrogen and oxygen atoms in total. The van der Waals surface area contributed by atoms with Crippen LogP contribution in [0.2, 0.25) is 0 Å². The summed E-state index contributed by atoms with van der Waals surface area (Å²) in [5.74, 6) is -0.0701. The third-order valence-corrected chi connectivity index (χ3v) is 11.6. The Labute approximate surface area is 351 Å². The molecule has 3 N–H and O–H groups in total. The van der Waals surface area contributed by atoms with Crippen LogP contribution < -0.4 is 5.32 Å². The lowest BCUT2D eigenvalue weighted by atomic mass is 10.0. The standard InChI is InChI=1S/C52H99NO3/c1-3-5-7-9-11-13-15-17-19-21-22-23-24-25-26-27-28-29-30-32-33-35-37-39-41-43-45-47-51(55)50(49-54)53-52(56)48-46-44-42-40-38-36-34-31-20-18-16-14-12-10-8-6-4-2/h12,14,18,20,45,47,50-51,54-55H,3-11,13,15-17,19,21-44,46,48-49H2,1-2H3,(H,53,56)/b14-12-,20-18-,47-45+. The molecule has 4 heteroatoms. The number of hydrogen-bond acceptors (Lipinski definition) is 3. The van der Waals surface area contributed by atoms with Gasteiger partial charge in [-0.2, -0.15) is 0 Å². The lowest BCUT2D eigenvalue weighted by Gasteiger charge is -2.20. The maximum absolute atomic E-state index is 12.4. The molecule has 0 aromatic carbocycles. The van der Waals surface area contributed by atoms with Crippen molar-refractivity contribution >= 4 is 5.91 Å². The SMILES string of the molecule is CCCCC/C=C\C/C=C\CCCCCCCCCC(=O)NC(CO)C(O)/C=C/CCCCCCCCCCCCCCCCCCCCCCCCCCC. The summed E-state index contributed by atoms with van der Waals surface area (Å²) in [5.41, 5.74) is 0. The van der Waals surface area contributed by atoms with Gasteiger partial charge >= 0.3 is 0 Å². The third kappa shape index (κ3) is 43.7. The topological polar surface area (TPSA) is 69.6 Å². The number of unbranched alkanes of at least 4 members (excludes halogenated alkanes) is 35. The Hall–Kier alpha value is -1.39. The van der Waals surface area contributed by atoms with Crippen molar-refractivity contribution in [2.24, 2.45) is 0 Å². The minimum absolute atomic E-state index is 0.0701. The van der Waals surface area contributed by atoms with E-state index in [1.807, 2.05) is 6.08 Å². The Morgan fingerprint density at radius 2 is 0.732 bits per heavy atom. The molecule has 0 aliphatic rings. The van der Waals surface area contributed by atoms with Crippen molar-refractivity contribution in [3.8, 4) is 0 Å². The number of aliphatic hydroxyl groups excluding tert-OH is 2. The van der Waals surface area contributed by atoms with Gasteiger partial charge in [0.15, 0.2) is 0 Å². The van der Waals surface area contributed by atoms with Gasteiger partial charge in [-0.15, -0.1) is 0 Å². The summed E-state index contributed by atoms with van der Waals surface area (Å²) >= 11 is 0. The predicted octanol–water partition coefficient (Wildman–Crippen LogP) is 16.1. The van der Waals surface area contributed by atoms with Gasteiger partial charge in [0.2, 0.25) is 5.91 Å². The van der Waals surface area contributed by atoms with E-state index in [0.717, 1.165) is 32.1 Å². The molecule has 2 atom stereocenters. The highest BCUT2D eigenvalue weighted by Crippen LogP contribution is 2.17. The second-order valence-corrected chi connectivity index (χ2v) is 17.2. The Morgan fingerprint density at radius 1 is 0.429 bits per heavy atom. The zero-order valence-electron chi connectivity index (χ0n) is 37.9. The van der Waals surface area contributed by atoms with Crippen LogP contribution in [-0.2, 0) is 4.79 Å². The fraction of sp³-hybridized carbons (Fsp3) is 0.865. The highest BCUT2D eigenvalue weighted by molar-refractivity contribution is 5.76. The minimum Gasteiger partial charge on any atom is -0.394 e. The van der Waals surface area contributed by atoms with Crippen LogP contribution >= 0.6 is 0 Å². The van der Waals surface area contributed by atoms with Crippen molar-refractivity contribution in [3.63, 3.8) is 0 Å². The Kier molecular flexibility index (Phi) is 46.8. The van der Waals surface area contributed by atoms with Crippen molar-refractivity contribution in [1.29, 1.82) is 0 Å². The molecule has 0 radical (unpaired) electrons. The van der Waals surface area contributed by atoms with E-state index >= 15 is 0 Å². The normalized spacial score (nSPS) is 13.1. The maximum Gasteiger partial charge on any atom is 0.220 e. The van der Waals surface area contributed by atoms with Crippen LogP contribution in [0.25, 0.3) is 0 Å². The zero-order valence-corrected chi connectivity index (χ0v) is 37.9. The highest BCUT2D eigenvalue weighted by Gasteiger charge is 2.18. The van der Waals surface area contributed by atoms with E-state index in [1.165, 1.54) is 218 Å². The molecule has 56 heavy (non-hydrogen) atoms. The Morgan fingerprint density at radius 3 is 1.11 bits per heavy atom. The zero-order chi connectivity index (χ0) is 40.7. The van der Waals surface area contributed by atoms with Gasteiger partial charge in [0.1, 0.15) is 0 Å². The largest absolute Gasteiger partial charge is 0.394 e. The van der Waals surface area contributed by atoms with Crippen molar-refractivity contribution in [1.82, 2.24) is 5.32 Å². The van der Waals surface area contributed by atoms with Crippen molar-refractivity contribution in [3.05, 3.63) is 36.5 Å². The van der Waals surface area contributed by atoms with E-state index in [2.05, 4.69) is 43.5 Å². The number of hydrogen-bond donors (Lipinski definition) is 3. The smallest absolute Gasteiger partial charge is 0.220 e. The average molecular weight is 786 g/mol. The molecule has 0 aromatic rings. The van der Waals surface area contributed by atoms with Gasteiger partial charge in [0.25, 0.3) is 0 Å². The fourth-order valence-electron chi connectivity index (χ4n) is 7.74. The summed E-state index contributed by atoms with van der Waals surface area (Å²) < 4.78 is 0. The van der Waals surface area contributed by atoms with Crippen LogP contribution in [0.1, 0.15) is 271 Å². The Balaban J connectivity index is 3.50. The van der Waals surface area contributed by atoms with E-state index in [1.54, 1.807) is 6.08 Å². The molecule has 0 saturated carbocycles. The van der Waals surface area contributed by atoms with Crippen LogP contribution in [-0.4, -0.2) is 34.9 Å². The number of nitrogens with one attached hydrogen (secondary N) is 1. The van der Waals surface area contributed by atoms with Crippen molar-refractivity contribution in [2.75, 3.05) is 6.61 Å². The summed E-state index contributed by atoms with van der Waals surface area (Å²) in [4.78, 5) is 12.4. The molecule has 330 valence electrons. The fourth-order valence-corrected chi connectivity index (χ4v) is 7.74. The molecule has 0 aliphatic carbocycles. The molecule has 0 heterocycles. The first-order valence-electron chi connectivity index (χ1n) is 25.2. The molecule has 0 fully saturated rings. The van der Waals surface area contributed by atoms with Crippen LogP contribution in [0.15, 0.2) is 36.5 Å². The molecule has 0 bridgehead atoms. The number of carbonyl (C=O) groups excluding carboxylic acids is 1. The lowest BCUT2D eigenvalue weighted by Crippen LogP contribution is -2.45. The second kappa shape index (κ2) is 48.0. The monoisotopic (exact) mass is 786 g/mol. The summed E-state index contributed by atoms with van der Waals surface area (Å²) in [7, 11) is 0. The molecule has 0 rings (SSSR count). The van der Waals surface area contributed by atoms with Crippen molar-refractivity contribution < 1.29 is 15.0 Å². The van der Waals surface area contributed by atoms with Gasteiger partial charge in [0, 0.05) is 6.42 Å². The summed E-state index contributed by atoms with van der Waals surface area (Å²) in [5, 5.41) is 23.1. The molecule has 0 spiro atoms. The molecule has 0 aromatic heterocycles. The van der Waals surface area contributed by atoms with Gasteiger partial charge in [-0.3, -0.25) is 4.79 Å². The van der Waals surface area contributed by atoms with Crippen molar-refractivity contribution in [2.45, 2.75) is 283 Å². The van der Waals surface area contributed by atoms with Gasteiger partial charge in [0.05, 0.1) is 18.8 Å². The number of amides is 1. The van der Waals surface area contributed by atoms with Gasteiger partial charge in [-0.1, -0.05) is 249 Å². The van der Waals surface area contributed by atoms with Crippen LogP contribution in [0.3, 0.4) is 0 Å². The third-order valence-electron chi connectivity index (χ3n) is 11.6. The first-order chi connectivity index (χ1) is 27.7. The van der Waals surface area contributed by atoms with Crippen LogP contribution in [0.5, 0.6) is 0 Å². The highest BCUT2D eigenvalue weighted by atomic mass is 16.3. The molecule has 2 unspecified atom stereocenters. The number of rotatable bonds is 46. The summed E-state index contributed by atoms with van der Waals surface area (Å²) in [6, 6.07) is -0.626. The quantitative estimate of drug-likeness (QED) is 0.0425. The van der Waals surface area contributed by atoms with Gasteiger partial charge < -0.3 is 15.5 Å². The first-order valence-corrected chi connectivity index (χ1v) is 25.2. The maximum atomic E-state index is 12.4. The van der Waals surface area contributed by atoms with Crippen LogP contribution in [0.4, 0.5) is 0 Å². The summed E-state index contributed by atoms with van der Waals surface area (Å²) in [6.45, 7) is 4.30. The molecular formula is C52H99NO3. The minimum atomic E-state index is -0.843. The first kappa shape index (κ1) is 54.6. The van der Waals surface area contributed by atoms with E-state index in [-0.39, 0.29) is 12.5 Å². The van der Waals surface area contributed by atoms with E-state index < -0.39 is 12.1 Å². The number of allylic oxidation sites excluding steroid dienone is 5.